The van der Waals surface area contributed by atoms with Crippen molar-refractivity contribution in [3.05, 3.63) is 77.0 Å². The number of hydrogen-bond acceptors (Lipinski definition) is 5. The summed E-state index contributed by atoms with van der Waals surface area (Å²) >= 11 is 0. The third-order valence-corrected chi connectivity index (χ3v) is 6.64. The van der Waals surface area contributed by atoms with Gasteiger partial charge in [0.05, 0.1) is 22.8 Å². The number of hydrogen-bond donors (Lipinski definition) is 2. The molecule has 0 saturated heterocycles. The van der Waals surface area contributed by atoms with Crippen LogP contribution in [0.25, 0.3) is 16.7 Å². The molecule has 180 valence electrons. The van der Waals surface area contributed by atoms with Crippen LogP contribution >= 0.6 is 0 Å². The maximum Gasteiger partial charge on any atom is 0.254 e. The summed E-state index contributed by atoms with van der Waals surface area (Å²) in [6.45, 7) is 6.04. The Hall–Kier alpha value is -3.81. The molecule has 0 unspecified atom stereocenters. The Morgan fingerprint density at radius 3 is 2.49 bits per heavy atom. The van der Waals surface area contributed by atoms with E-state index >= 15 is 0 Å². The van der Waals surface area contributed by atoms with Gasteiger partial charge >= 0.3 is 0 Å². The molecule has 2 heterocycles. The fourth-order valence-electron chi connectivity index (χ4n) is 4.83. The highest BCUT2D eigenvalue weighted by molar-refractivity contribution is 5.94. The Kier molecular flexibility index (Phi) is 6.19. The van der Waals surface area contributed by atoms with E-state index in [0.29, 0.717) is 5.82 Å². The van der Waals surface area contributed by atoms with Gasteiger partial charge in [0.2, 0.25) is 0 Å². The van der Waals surface area contributed by atoms with Crippen molar-refractivity contribution in [2.75, 3.05) is 5.32 Å². The van der Waals surface area contributed by atoms with Crippen LogP contribution in [0.4, 0.5) is 10.2 Å². The Morgan fingerprint density at radius 1 is 1.00 bits per heavy atom. The molecule has 0 atom stereocenters. The van der Waals surface area contributed by atoms with E-state index in [0.717, 1.165) is 53.8 Å². The number of halogens is 1. The van der Waals surface area contributed by atoms with E-state index in [2.05, 4.69) is 57.7 Å². The topological polar surface area (TPSA) is 84.7 Å². The number of nitrogens with one attached hydrogen (secondary N) is 2. The van der Waals surface area contributed by atoms with E-state index < -0.39 is 5.82 Å². The molecule has 0 bridgehead atoms. The van der Waals surface area contributed by atoms with Crippen LogP contribution in [0.2, 0.25) is 0 Å². The van der Waals surface area contributed by atoms with E-state index in [1.54, 1.807) is 12.1 Å². The minimum atomic E-state index is -0.495. The Morgan fingerprint density at radius 2 is 1.74 bits per heavy atom. The zero-order valence-corrected chi connectivity index (χ0v) is 20.2. The summed E-state index contributed by atoms with van der Waals surface area (Å²) < 4.78 is 15.8. The Balaban J connectivity index is 1.29. The maximum atomic E-state index is 13.9. The van der Waals surface area contributed by atoms with Gasteiger partial charge in [0, 0.05) is 12.1 Å². The fourth-order valence-corrected chi connectivity index (χ4v) is 4.83. The summed E-state index contributed by atoms with van der Waals surface area (Å²) in [5.41, 5.74) is 4.21. The van der Waals surface area contributed by atoms with E-state index in [1.165, 1.54) is 17.7 Å². The second-order valence-electron chi connectivity index (χ2n) is 9.35. The summed E-state index contributed by atoms with van der Waals surface area (Å²) in [6.07, 6.45) is 5.19. The quantitative estimate of drug-likeness (QED) is 0.425. The second-order valence-corrected chi connectivity index (χ2v) is 9.35. The van der Waals surface area contributed by atoms with Crippen molar-refractivity contribution in [1.29, 1.82) is 0 Å². The number of anilines is 1. The first-order valence-corrected chi connectivity index (χ1v) is 12.0. The first-order valence-electron chi connectivity index (χ1n) is 12.0. The van der Waals surface area contributed by atoms with Crippen LogP contribution in [0.3, 0.4) is 0 Å². The summed E-state index contributed by atoms with van der Waals surface area (Å²) in [5.74, 6) is 0.607. The van der Waals surface area contributed by atoms with Gasteiger partial charge in [-0.05, 0) is 70.2 Å². The third kappa shape index (κ3) is 4.73. The first-order chi connectivity index (χ1) is 16.9. The molecule has 1 aliphatic carbocycles. The second kappa shape index (κ2) is 9.44. The van der Waals surface area contributed by atoms with Gasteiger partial charge in [-0.3, -0.25) is 4.79 Å². The smallest absolute Gasteiger partial charge is 0.254 e. The zero-order valence-electron chi connectivity index (χ0n) is 20.2. The van der Waals surface area contributed by atoms with Crippen molar-refractivity contribution in [1.82, 2.24) is 25.1 Å². The van der Waals surface area contributed by atoms with Crippen LogP contribution in [0.1, 0.15) is 53.0 Å². The highest BCUT2D eigenvalue weighted by Gasteiger charge is 2.25. The lowest BCUT2D eigenvalue weighted by molar-refractivity contribution is 0.0922. The number of benzene rings is 2. The van der Waals surface area contributed by atoms with Crippen molar-refractivity contribution in [2.45, 2.75) is 58.5 Å². The lowest BCUT2D eigenvalue weighted by Crippen LogP contribution is -2.40. The molecule has 7 nitrogen and oxygen atoms in total. The van der Waals surface area contributed by atoms with Crippen molar-refractivity contribution >= 4 is 22.8 Å². The summed E-state index contributed by atoms with van der Waals surface area (Å²) in [7, 11) is 0. The number of aryl methyl sites for hydroxylation is 3. The number of carbonyl (C=O) groups is 1. The molecule has 4 aromatic rings. The van der Waals surface area contributed by atoms with Crippen LogP contribution in [-0.2, 0) is 0 Å². The van der Waals surface area contributed by atoms with Gasteiger partial charge in [0.15, 0.2) is 5.65 Å². The molecule has 2 N–H and O–H groups in total. The summed E-state index contributed by atoms with van der Waals surface area (Å²) in [6, 6.07) is 12.6. The van der Waals surface area contributed by atoms with E-state index in [4.69, 9.17) is 0 Å². The molecule has 0 spiro atoms. The molecule has 1 fully saturated rings. The SMILES string of the molecule is Cc1ccc(-n2ncc3c(NC4CCC(NC(=O)c5ccccc5F)CC4)nc(C)nc32)c(C)c1. The van der Waals surface area contributed by atoms with Gasteiger partial charge in [-0.2, -0.15) is 5.10 Å². The van der Waals surface area contributed by atoms with Crippen molar-refractivity contribution in [3.8, 4) is 5.69 Å². The summed E-state index contributed by atoms with van der Waals surface area (Å²) in [4.78, 5) is 21.8. The number of aromatic nitrogens is 4. The molecule has 1 saturated carbocycles. The third-order valence-electron chi connectivity index (χ3n) is 6.64. The molecule has 2 aromatic heterocycles. The molecule has 2 aromatic carbocycles. The largest absolute Gasteiger partial charge is 0.367 e. The normalized spacial score (nSPS) is 17.9. The minimum Gasteiger partial charge on any atom is -0.367 e. The van der Waals surface area contributed by atoms with E-state index in [9.17, 15) is 9.18 Å². The van der Waals surface area contributed by atoms with Gasteiger partial charge in [0.1, 0.15) is 17.5 Å². The van der Waals surface area contributed by atoms with Gasteiger partial charge in [0.25, 0.3) is 5.91 Å². The monoisotopic (exact) mass is 472 g/mol. The molecule has 1 aliphatic rings. The number of fused-ring (bicyclic) bond motifs is 1. The minimum absolute atomic E-state index is 0.0274. The average molecular weight is 473 g/mol. The van der Waals surface area contributed by atoms with Crippen molar-refractivity contribution < 1.29 is 9.18 Å². The molecule has 35 heavy (non-hydrogen) atoms. The molecule has 1 amide bonds. The predicted molar refractivity (Wildman–Crippen MR) is 134 cm³/mol. The predicted octanol–water partition coefficient (Wildman–Crippen LogP) is 5.03. The molecule has 0 aliphatic heterocycles. The number of amides is 1. The van der Waals surface area contributed by atoms with Crippen LogP contribution in [0.5, 0.6) is 0 Å². The van der Waals surface area contributed by atoms with Gasteiger partial charge in [-0.15, -0.1) is 0 Å². The van der Waals surface area contributed by atoms with Crippen molar-refractivity contribution in [2.24, 2.45) is 0 Å². The summed E-state index contributed by atoms with van der Waals surface area (Å²) in [5, 5.41) is 12.1. The van der Waals surface area contributed by atoms with Gasteiger partial charge in [-0.1, -0.05) is 29.8 Å². The number of carbonyl (C=O) groups excluding carboxylic acids is 1. The maximum absolute atomic E-state index is 13.9. The molecular weight excluding hydrogens is 443 g/mol. The lowest BCUT2D eigenvalue weighted by atomic mass is 9.91. The molecule has 0 radical (unpaired) electrons. The highest BCUT2D eigenvalue weighted by Crippen LogP contribution is 2.28. The number of nitrogens with zero attached hydrogens (tertiary/aromatic N) is 4. The van der Waals surface area contributed by atoms with Crippen LogP contribution in [-0.4, -0.2) is 37.7 Å². The van der Waals surface area contributed by atoms with E-state index in [1.807, 2.05) is 17.8 Å². The van der Waals surface area contributed by atoms with Crippen LogP contribution in [0, 0.1) is 26.6 Å². The molecule has 8 heteroatoms. The fraction of sp³-hybridized carbons (Fsp3) is 0.333. The van der Waals surface area contributed by atoms with Gasteiger partial charge in [-0.25, -0.2) is 19.0 Å². The van der Waals surface area contributed by atoms with Crippen LogP contribution in [0.15, 0.2) is 48.7 Å². The van der Waals surface area contributed by atoms with Crippen molar-refractivity contribution in [3.63, 3.8) is 0 Å². The molecular formula is C27H29FN6O. The van der Waals surface area contributed by atoms with E-state index in [-0.39, 0.29) is 23.6 Å². The Bertz CT molecular complexity index is 1390. The first kappa shape index (κ1) is 23.0. The van der Waals surface area contributed by atoms with Gasteiger partial charge < -0.3 is 10.6 Å². The molecule has 5 rings (SSSR count). The highest BCUT2D eigenvalue weighted by atomic mass is 19.1. The van der Waals surface area contributed by atoms with Crippen LogP contribution < -0.4 is 10.6 Å². The number of rotatable bonds is 5. The average Bonchev–Trinajstić information content (AvgIpc) is 3.24. The lowest BCUT2D eigenvalue weighted by Gasteiger charge is -2.30. The zero-order chi connectivity index (χ0) is 24.5. The Labute approximate surface area is 203 Å². The standard InChI is InChI=1S/C27H29FN6O/c1-16-8-13-24(17(2)14-16)34-26-22(15-29-34)25(30-18(3)31-26)32-19-9-11-20(12-10-19)33-27(35)21-6-4-5-7-23(21)28/h4-8,13-15,19-20H,9-12H2,1-3H3,(H,33,35)(H,30,31,32).